The summed E-state index contributed by atoms with van der Waals surface area (Å²) in [6.45, 7) is 1.90. The molecular weight excluding hydrogens is 336 g/mol. The second kappa shape index (κ2) is 6.91. The zero-order chi connectivity index (χ0) is 18.8. The summed E-state index contributed by atoms with van der Waals surface area (Å²) in [5.41, 5.74) is 0.834. The first-order chi connectivity index (χ1) is 12.4. The van der Waals surface area contributed by atoms with Crippen molar-refractivity contribution in [1.82, 2.24) is 19.2 Å². The van der Waals surface area contributed by atoms with Gasteiger partial charge in [0.05, 0.1) is 19.9 Å². The molecule has 3 aromatic heterocycles. The van der Waals surface area contributed by atoms with E-state index in [0.717, 1.165) is 0 Å². The molecule has 26 heavy (non-hydrogen) atoms. The number of aromatic nitrogens is 3. The Balaban J connectivity index is 1.83. The van der Waals surface area contributed by atoms with Crippen LogP contribution in [0.15, 0.2) is 41.2 Å². The van der Waals surface area contributed by atoms with E-state index >= 15 is 0 Å². The van der Waals surface area contributed by atoms with E-state index in [1.54, 1.807) is 38.0 Å². The normalized spacial score (nSPS) is 10.8. The van der Waals surface area contributed by atoms with Gasteiger partial charge < -0.3 is 18.6 Å². The average Bonchev–Trinajstić information content (AvgIpc) is 3.33. The number of hydrogen-bond donors (Lipinski definition) is 0. The molecule has 0 saturated heterocycles. The highest BCUT2D eigenvalue weighted by Gasteiger charge is 2.23. The predicted octanol–water partition coefficient (Wildman–Crippen LogP) is 2.17. The van der Waals surface area contributed by atoms with Crippen LogP contribution >= 0.6 is 0 Å². The third-order valence-corrected chi connectivity index (χ3v) is 4.10. The molecule has 0 spiro atoms. The Morgan fingerprint density at radius 3 is 2.62 bits per heavy atom. The number of carbonyl (C=O) groups is 2. The summed E-state index contributed by atoms with van der Waals surface area (Å²) in [5, 5.41) is 4.20. The molecule has 1 amide bonds. The van der Waals surface area contributed by atoms with Gasteiger partial charge in [-0.15, -0.1) is 0 Å². The van der Waals surface area contributed by atoms with Gasteiger partial charge in [-0.05, 0) is 25.1 Å². The first-order valence-electron chi connectivity index (χ1n) is 8.00. The van der Waals surface area contributed by atoms with E-state index in [1.165, 1.54) is 12.0 Å². The predicted molar refractivity (Wildman–Crippen MR) is 93.1 cm³/mol. The molecule has 0 aromatic carbocycles. The van der Waals surface area contributed by atoms with E-state index in [-0.39, 0.29) is 12.5 Å². The van der Waals surface area contributed by atoms with Crippen molar-refractivity contribution in [3.05, 3.63) is 59.4 Å². The number of methoxy groups -OCH3 is 1. The van der Waals surface area contributed by atoms with Crippen molar-refractivity contribution >= 4 is 11.9 Å². The van der Waals surface area contributed by atoms with Crippen LogP contribution in [0.1, 0.15) is 32.2 Å². The van der Waals surface area contributed by atoms with Crippen molar-refractivity contribution in [2.45, 2.75) is 13.5 Å². The van der Waals surface area contributed by atoms with Crippen LogP contribution in [0.3, 0.4) is 0 Å². The van der Waals surface area contributed by atoms with E-state index in [1.807, 2.05) is 29.1 Å². The Morgan fingerprint density at radius 2 is 1.96 bits per heavy atom. The lowest BCUT2D eigenvalue weighted by Gasteiger charge is -2.16. The Hall–Kier alpha value is -3.29. The molecule has 0 saturated carbocycles. The number of ether oxygens (including phenoxy) is 1. The highest BCUT2D eigenvalue weighted by molar-refractivity contribution is 5.97. The molecule has 0 atom stereocenters. The zero-order valence-corrected chi connectivity index (χ0v) is 15.1. The SMILES string of the molecule is COC(=O)c1cc(CN(C)C(=O)c2cnn(C)c2-n2cccc2)oc1C. The van der Waals surface area contributed by atoms with Crippen LogP contribution < -0.4 is 0 Å². The van der Waals surface area contributed by atoms with Crippen LogP contribution in [-0.2, 0) is 18.3 Å². The van der Waals surface area contributed by atoms with Gasteiger partial charge in [-0.25, -0.2) is 4.79 Å². The number of carbonyl (C=O) groups excluding carboxylic acids is 2. The van der Waals surface area contributed by atoms with Gasteiger partial charge in [0.25, 0.3) is 5.91 Å². The van der Waals surface area contributed by atoms with Gasteiger partial charge in [0, 0.05) is 26.5 Å². The average molecular weight is 356 g/mol. The molecule has 0 bridgehead atoms. The topological polar surface area (TPSA) is 82.5 Å². The first kappa shape index (κ1) is 17.5. The third kappa shape index (κ3) is 3.13. The maximum Gasteiger partial charge on any atom is 0.341 e. The molecule has 3 heterocycles. The van der Waals surface area contributed by atoms with Crippen molar-refractivity contribution in [2.75, 3.05) is 14.2 Å². The maximum absolute atomic E-state index is 12.9. The maximum atomic E-state index is 12.9. The fourth-order valence-corrected chi connectivity index (χ4v) is 2.81. The molecular formula is C18H20N4O4. The molecule has 8 nitrogen and oxygen atoms in total. The summed E-state index contributed by atoms with van der Waals surface area (Å²) < 4.78 is 13.8. The smallest absolute Gasteiger partial charge is 0.341 e. The summed E-state index contributed by atoms with van der Waals surface area (Å²) in [6.07, 6.45) is 5.25. The Kier molecular flexibility index (Phi) is 4.66. The molecule has 0 fully saturated rings. The second-order valence-corrected chi connectivity index (χ2v) is 5.93. The van der Waals surface area contributed by atoms with Gasteiger partial charge in [0.1, 0.15) is 28.5 Å². The lowest BCUT2D eigenvalue weighted by molar-refractivity contribution is 0.0598. The summed E-state index contributed by atoms with van der Waals surface area (Å²) >= 11 is 0. The van der Waals surface area contributed by atoms with Crippen molar-refractivity contribution in [1.29, 1.82) is 0 Å². The summed E-state index contributed by atoms with van der Waals surface area (Å²) in [7, 11) is 4.77. The van der Waals surface area contributed by atoms with E-state index in [9.17, 15) is 9.59 Å². The van der Waals surface area contributed by atoms with Crippen LogP contribution in [0.5, 0.6) is 0 Å². The molecule has 0 aliphatic rings. The number of amides is 1. The van der Waals surface area contributed by atoms with E-state index in [4.69, 9.17) is 9.15 Å². The van der Waals surface area contributed by atoms with Crippen LogP contribution in [0, 0.1) is 6.92 Å². The van der Waals surface area contributed by atoms with E-state index in [2.05, 4.69) is 5.10 Å². The Bertz CT molecular complexity index is 937. The lowest BCUT2D eigenvalue weighted by atomic mass is 10.2. The first-order valence-corrected chi connectivity index (χ1v) is 8.00. The van der Waals surface area contributed by atoms with Gasteiger partial charge in [-0.2, -0.15) is 5.10 Å². The fraction of sp³-hybridized carbons (Fsp3) is 0.278. The molecule has 0 unspecified atom stereocenters. The van der Waals surface area contributed by atoms with Crippen molar-refractivity contribution in [3.8, 4) is 5.82 Å². The third-order valence-electron chi connectivity index (χ3n) is 4.10. The lowest BCUT2D eigenvalue weighted by Crippen LogP contribution is -2.27. The minimum absolute atomic E-state index is 0.199. The van der Waals surface area contributed by atoms with Crippen LogP contribution in [0.2, 0.25) is 0 Å². The molecule has 0 aliphatic carbocycles. The second-order valence-electron chi connectivity index (χ2n) is 5.93. The molecule has 0 aliphatic heterocycles. The molecule has 136 valence electrons. The molecule has 8 heteroatoms. The van der Waals surface area contributed by atoms with E-state index < -0.39 is 5.97 Å². The standard InChI is InChI=1S/C18H20N4O4/c1-12-14(18(24)25-4)9-13(26-12)11-20(2)17(23)15-10-19-21(3)16(15)22-7-5-6-8-22/h5-10H,11H2,1-4H3. The molecule has 3 aromatic rings. The summed E-state index contributed by atoms with van der Waals surface area (Å²) in [6, 6.07) is 5.36. The quantitative estimate of drug-likeness (QED) is 0.654. The van der Waals surface area contributed by atoms with Crippen LogP contribution in [0.4, 0.5) is 0 Å². The van der Waals surface area contributed by atoms with Gasteiger partial charge in [0.15, 0.2) is 0 Å². The summed E-state index contributed by atoms with van der Waals surface area (Å²) in [5.74, 6) is 0.981. The minimum atomic E-state index is -0.464. The minimum Gasteiger partial charge on any atom is -0.465 e. The number of aryl methyl sites for hydroxylation is 2. The van der Waals surface area contributed by atoms with Crippen molar-refractivity contribution in [3.63, 3.8) is 0 Å². The summed E-state index contributed by atoms with van der Waals surface area (Å²) in [4.78, 5) is 26.1. The zero-order valence-electron chi connectivity index (χ0n) is 15.1. The monoisotopic (exact) mass is 356 g/mol. The molecule has 0 radical (unpaired) electrons. The molecule has 0 N–H and O–H groups in total. The highest BCUT2D eigenvalue weighted by Crippen LogP contribution is 2.20. The van der Waals surface area contributed by atoms with Gasteiger partial charge in [-0.1, -0.05) is 0 Å². The number of rotatable bonds is 5. The number of furan rings is 1. The van der Waals surface area contributed by atoms with Crippen molar-refractivity contribution < 1.29 is 18.7 Å². The highest BCUT2D eigenvalue weighted by atomic mass is 16.5. The largest absolute Gasteiger partial charge is 0.465 e. The number of hydrogen-bond acceptors (Lipinski definition) is 5. The van der Waals surface area contributed by atoms with Gasteiger partial charge in [-0.3, -0.25) is 9.48 Å². The number of esters is 1. The Labute approximate surface area is 150 Å². The fourth-order valence-electron chi connectivity index (χ4n) is 2.81. The van der Waals surface area contributed by atoms with Gasteiger partial charge in [0.2, 0.25) is 0 Å². The van der Waals surface area contributed by atoms with Gasteiger partial charge >= 0.3 is 5.97 Å². The van der Waals surface area contributed by atoms with Crippen LogP contribution in [-0.4, -0.2) is 45.3 Å². The molecule has 3 rings (SSSR count). The Morgan fingerprint density at radius 1 is 1.27 bits per heavy atom. The van der Waals surface area contributed by atoms with Crippen LogP contribution in [0.25, 0.3) is 5.82 Å². The van der Waals surface area contributed by atoms with E-state index in [0.29, 0.717) is 28.5 Å². The van der Waals surface area contributed by atoms with Crippen molar-refractivity contribution in [2.24, 2.45) is 7.05 Å². The number of nitrogens with zero attached hydrogens (tertiary/aromatic N) is 4.